The Morgan fingerprint density at radius 3 is 1.18 bits per heavy atom. The number of hydrogen-bond acceptors (Lipinski definition) is 3. The van der Waals surface area contributed by atoms with E-state index in [4.69, 9.17) is 15.0 Å². The topological polar surface area (TPSA) is 48.5 Å². The van der Waals surface area contributed by atoms with Crippen LogP contribution in [-0.4, -0.2) is 24.1 Å². The quantitative estimate of drug-likeness (QED) is 0.152. The Kier molecular flexibility index (Phi) is 10.8. The van der Waals surface area contributed by atoms with E-state index in [0.29, 0.717) is 17.5 Å². The number of hydrogen-bond donors (Lipinski definition) is 0. The molecule has 0 atom stereocenters. The van der Waals surface area contributed by atoms with Crippen LogP contribution in [0.25, 0.3) is 123 Å². The molecule has 13 aromatic rings. The van der Waals surface area contributed by atoms with Gasteiger partial charge in [-0.3, -0.25) is 0 Å². The van der Waals surface area contributed by atoms with Crippen molar-refractivity contribution in [2.45, 2.75) is 41.5 Å². The monoisotopic (exact) mass is 951 g/mol. The molecule has 0 saturated heterocycles. The largest absolute Gasteiger partial charge is 0.308 e. The fourth-order valence-electron chi connectivity index (χ4n) is 11.9. The van der Waals surface area contributed by atoms with Gasteiger partial charge in [-0.1, -0.05) is 175 Å². The Hall–Kier alpha value is -9.19. The van der Waals surface area contributed by atoms with Gasteiger partial charge in [0.2, 0.25) is 0 Å². The van der Waals surface area contributed by atoms with Crippen LogP contribution in [-0.2, 0) is 0 Å². The first-order valence-electron chi connectivity index (χ1n) is 25.5. The van der Waals surface area contributed by atoms with E-state index in [0.717, 1.165) is 61.3 Å². The Bertz CT molecular complexity index is 4320. The maximum Gasteiger partial charge on any atom is 0.166 e. The molecule has 0 aliphatic heterocycles. The highest BCUT2D eigenvalue weighted by atomic mass is 15.1. The molecule has 0 radical (unpaired) electrons. The molecule has 354 valence electrons. The van der Waals surface area contributed by atoms with E-state index in [1.807, 2.05) is 18.2 Å². The fraction of sp³-hybridized carbons (Fsp3) is 0.0870. The van der Waals surface area contributed by atoms with Crippen LogP contribution < -0.4 is 0 Å². The lowest BCUT2D eigenvalue weighted by Crippen LogP contribution is -2.05. The summed E-state index contributed by atoms with van der Waals surface area (Å²) in [5.41, 5.74) is 24.2. The zero-order valence-corrected chi connectivity index (χ0v) is 42.4. The molecule has 0 fully saturated rings. The normalized spacial score (nSPS) is 11.6. The van der Waals surface area contributed by atoms with Gasteiger partial charge in [-0.15, -0.1) is 0 Å². The average Bonchev–Trinajstić information content (AvgIpc) is 3.93. The molecule has 74 heavy (non-hydrogen) atoms. The summed E-state index contributed by atoms with van der Waals surface area (Å²) >= 11 is 0. The lowest BCUT2D eigenvalue weighted by molar-refractivity contribution is 1.06. The molecule has 0 aliphatic carbocycles. The van der Waals surface area contributed by atoms with Crippen LogP contribution in [0.3, 0.4) is 0 Å². The van der Waals surface area contributed by atoms with Gasteiger partial charge in [0, 0.05) is 38.2 Å². The van der Waals surface area contributed by atoms with Crippen LogP contribution in [0.2, 0.25) is 0 Å². The van der Waals surface area contributed by atoms with E-state index in [-0.39, 0.29) is 0 Å². The van der Waals surface area contributed by atoms with Crippen LogP contribution in [0, 0.1) is 41.5 Å². The first kappa shape index (κ1) is 44.7. The first-order chi connectivity index (χ1) is 36.2. The van der Waals surface area contributed by atoms with Gasteiger partial charge in [0.1, 0.15) is 0 Å². The molecule has 0 amide bonds. The van der Waals surface area contributed by atoms with E-state index in [9.17, 15) is 0 Å². The predicted molar refractivity (Wildman–Crippen MR) is 310 cm³/mol. The Balaban J connectivity index is 0.996. The molecular weight excluding hydrogens is 899 g/mol. The summed E-state index contributed by atoms with van der Waals surface area (Å²) in [5.74, 6) is 1.79. The van der Waals surface area contributed by atoms with Crippen LogP contribution in [0.15, 0.2) is 212 Å². The fourth-order valence-corrected chi connectivity index (χ4v) is 11.9. The van der Waals surface area contributed by atoms with E-state index in [2.05, 4.69) is 245 Å². The Labute approximate surface area is 431 Å². The second-order valence-corrected chi connectivity index (χ2v) is 20.0. The van der Waals surface area contributed by atoms with E-state index < -0.39 is 0 Å². The van der Waals surface area contributed by atoms with Crippen LogP contribution in [0.5, 0.6) is 0 Å². The number of rotatable bonds is 8. The van der Waals surface area contributed by atoms with Gasteiger partial charge < -0.3 is 9.13 Å². The second kappa shape index (κ2) is 17.8. The van der Waals surface area contributed by atoms with E-state index >= 15 is 0 Å². The van der Waals surface area contributed by atoms with Crippen LogP contribution in [0.4, 0.5) is 0 Å². The van der Waals surface area contributed by atoms with E-state index in [1.165, 1.54) is 77.2 Å². The van der Waals surface area contributed by atoms with Crippen molar-refractivity contribution in [1.29, 1.82) is 0 Å². The van der Waals surface area contributed by atoms with Crippen molar-refractivity contribution >= 4 is 43.6 Å². The summed E-state index contributed by atoms with van der Waals surface area (Å²) in [6.45, 7) is 13.2. The maximum absolute atomic E-state index is 5.52. The third kappa shape index (κ3) is 7.51. The van der Waals surface area contributed by atoms with Gasteiger partial charge in [-0.25, -0.2) is 15.0 Å². The molecule has 0 N–H and O–H groups in total. The van der Waals surface area contributed by atoms with Crippen molar-refractivity contribution in [1.82, 2.24) is 24.1 Å². The van der Waals surface area contributed by atoms with Crippen molar-refractivity contribution in [2.75, 3.05) is 0 Å². The molecule has 3 heterocycles. The predicted octanol–water partition coefficient (Wildman–Crippen LogP) is 17.9. The SMILES string of the molecule is Cc1cc(C)c(-c2ccc(-c3ccc4c5ccccc5n(-c5ccccc5-c5nc(-c6ccccc6)nc(-c6ccccc6-n6c7ccccc7c7ccc(-c8c(C)cc(C)cc8C)cc76)n5)c4c3)cc2)c(C)c1. The van der Waals surface area contributed by atoms with Gasteiger partial charge in [-0.05, 0) is 146 Å². The molecule has 0 spiro atoms. The minimum Gasteiger partial charge on any atom is -0.308 e. The van der Waals surface area contributed by atoms with Crippen LogP contribution >= 0.6 is 0 Å². The molecule has 3 aromatic heterocycles. The van der Waals surface area contributed by atoms with Gasteiger partial charge in [0.25, 0.3) is 0 Å². The van der Waals surface area contributed by atoms with Crippen molar-refractivity contribution in [3.05, 3.63) is 246 Å². The molecule has 0 unspecified atom stereocenters. The van der Waals surface area contributed by atoms with Gasteiger partial charge in [0.05, 0.1) is 33.4 Å². The molecule has 5 nitrogen and oxygen atoms in total. The summed E-state index contributed by atoms with van der Waals surface area (Å²) in [5, 5.41) is 4.74. The van der Waals surface area contributed by atoms with Gasteiger partial charge >= 0.3 is 0 Å². The number of nitrogens with zero attached hydrogens (tertiary/aromatic N) is 5. The lowest BCUT2D eigenvalue weighted by Gasteiger charge is -2.17. The highest BCUT2D eigenvalue weighted by Crippen LogP contribution is 2.42. The van der Waals surface area contributed by atoms with Gasteiger partial charge in [0.15, 0.2) is 17.5 Å². The number of aryl methyl sites for hydroxylation is 6. The zero-order valence-electron chi connectivity index (χ0n) is 42.4. The minimum atomic E-state index is 0.591. The summed E-state index contributed by atoms with van der Waals surface area (Å²) in [6.07, 6.45) is 0. The highest BCUT2D eigenvalue weighted by molar-refractivity contribution is 6.12. The third-order valence-corrected chi connectivity index (χ3v) is 14.9. The van der Waals surface area contributed by atoms with E-state index in [1.54, 1.807) is 0 Å². The zero-order chi connectivity index (χ0) is 50.2. The number of aromatic nitrogens is 5. The molecule has 0 bridgehead atoms. The molecule has 0 saturated carbocycles. The number of fused-ring (bicyclic) bond motifs is 6. The molecular formula is C69H53N5. The highest BCUT2D eigenvalue weighted by Gasteiger charge is 2.23. The maximum atomic E-state index is 5.52. The van der Waals surface area contributed by atoms with Crippen molar-refractivity contribution in [3.8, 4) is 78.9 Å². The van der Waals surface area contributed by atoms with Gasteiger partial charge in [-0.2, -0.15) is 0 Å². The third-order valence-electron chi connectivity index (χ3n) is 14.9. The van der Waals surface area contributed by atoms with Crippen molar-refractivity contribution in [2.24, 2.45) is 0 Å². The molecule has 10 aromatic carbocycles. The summed E-state index contributed by atoms with van der Waals surface area (Å²) in [6, 6.07) is 76.7. The smallest absolute Gasteiger partial charge is 0.166 e. The summed E-state index contributed by atoms with van der Waals surface area (Å²) < 4.78 is 4.79. The average molecular weight is 952 g/mol. The lowest BCUT2D eigenvalue weighted by atomic mass is 9.92. The standard InChI is InChI=1S/C69H53N5/c1-42-36-44(3)65(45(4)37-42)49-30-28-48(29-31-49)51-32-34-55-53-20-10-14-24-59(53)73(63(55)40-51)61-26-16-12-22-57(61)68-70-67(50-18-8-7-9-19-50)71-69(72-68)58-23-13-17-27-62(58)74-60-25-15-11-21-54(60)56-35-33-52(41-64(56)74)66-46(5)38-43(2)39-47(66)6/h7-41H,1-6H3. The molecule has 5 heteroatoms. The van der Waals surface area contributed by atoms with Crippen molar-refractivity contribution in [3.63, 3.8) is 0 Å². The molecule has 0 aliphatic rings. The number of benzene rings is 10. The first-order valence-corrected chi connectivity index (χ1v) is 25.5. The number of para-hydroxylation sites is 4. The Morgan fingerprint density at radius 2 is 0.649 bits per heavy atom. The minimum absolute atomic E-state index is 0.591. The summed E-state index contributed by atoms with van der Waals surface area (Å²) in [7, 11) is 0. The molecule has 13 rings (SSSR count). The Morgan fingerprint density at radius 1 is 0.270 bits per heavy atom. The summed E-state index contributed by atoms with van der Waals surface area (Å²) in [4.78, 5) is 16.2. The van der Waals surface area contributed by atoms with Crippen LogP contribution in [0.1, 0.15) is 33.4 Å². The van der Waals surface area contributed by atoms with Crippen molar-refractivity contribution < 1.29 is 0 Å². The second-order valence-electron chi connectivity index (χ2n) is 20.0.